The van der Waals surface area contributed by atoms with Crippen LogP contribution in [0.1, 0.15) is 5.56 Å². The van der Waals surface area contributed by atoms with Crippen molar-refractivity contribution >= 4 is 22.6 Å². The minimum atomic E-state index is 0.212. The third-order valence-electron chi connectivity index (χ3n) is 1.15. The van der Waals surface area contributed by atoms with E-state index in [-0.39, 0.29) is 6.61 Å². The van der Waals surface area contributed by atoms with E-state index >= 15 is 0 Å². The highest BCUT2D eigenvalue weighted by Gasteiger charge is 1.86. The molecule has 1 aromatic heterocycles. The smallest absolute Gasteiger partial charge is 0.0471 e. The molecule has 62 valence electrons. The third kappa shape index (κ3) is 5.15. The zero-order valence-corrected chi connectivity index (χ0v) is 8.65. The van der Waals surface area contributed by atoms with Gasteiger partial charge in [-0.15, -0.1) is 0 Å². The Balaban J connectivity index is 0.000000461. The molecule has 0 aliphatic heterocycles. The van der Waals surface area contributed by atoms with Crippen LogP contribution in [-0.4, -0.2) is 21.6 Å². The van der Waals surface area contributed by atoms with Crippen molar-refractivity contribution in [3.63, 3.8) is 0 Å². The Labute approximate surface area is 80.8 Å². The fourth-order valence-corrected chi connectivity index (χ4v) is 0.679. The number of aliphatic hydroxyl groups is 1. The number of hydrogen-bond donors (Lipinski definition) is 1. The summed E-state index contributed by atoms with van der Waals surface area (Å²) in [5, 5.41) is 8.50. The van der Waals surface area contributed by atoms with Gasteiger partial charge < -0.3 is 5.11 Å². The molecular formula is C8H12INO. The van der Waals surface area contributed by atoms with Gasteiger partial charge >= 0.3 is 0 Å². The van der Waals surface area contributed by atoms with Crippen LogP contribution in [0.3, 0.4) is 0 Å². The first-order chi connectivity index (χ1) is 5.43. The monoisotopic (exact) mass is 265 g/mol. The molecule has 0 unspecified atom stereocenters. The number of hydrogen-bond acceptors (Lipinski definition) is 2. The molecule has 3 heteroatoms. The van der Waals surface area contributed by atoms with Gasteiger partial charge in [0.25, 0.3) is 0 Å². The van der Waals surface area contributed by atoms with Crippen LogP contribution in [0.25, 0.3) is 0 Å². The van der Waals surface area contributed by atoms with Gasteiger partial charge in [0.2, 0.25) is 0 Å². The molecule has 1 N–H and O–H groups in total. The van der Waals surface area contributed by atoms with Crippen molar-refractivity contribution in [3.05, 3.63) is 30.1 Å². The number of nitrogens with zero attached hydrogens (tertiary/aromatic N) is 1. The van der Waals surface area contributed by atoms with Crippen molar-refractivity contribution in [2.24, 2.45) is 0 Å². The minimum absolute atomic E-state index is 0.212. The third-order valence-corrected chi connectivity index (χ3v) is 1.15. The number of halogens is 1. The molecule has 0 bridgehead atoms. The van der Waals surface area contributed by atoms with Crippen LogP contribution in [0.2, 0.25) is 0 Å². The Bertz CT molecular complexity index is 167. The average molecular weight is 265 g/mol. The molecule has 0 aliphatic carbocycles. The summed E-state index contributed by atoms with van der Waals surface area (Å²) in [6, 6.07) is 3.80. The Morgan fingerprint density at radius 2 is 1.91 bits per heavy atom. The maximum atomic E-state index is 8.50. The summed E-state index contributed by atoms with van der Waals surface area (Å²) in [5.74, 6) is 0. The maximum absolute atomic E-state index is 8.50. The van der Waals surface area contributed by atoms with Crippen LogP contribution in [0.15, 0.2) is 24.5 Å². The molecule has 0 atom stereocenters. The van der Waals surface area contributed by atoms with E-state index in [0.29, 0.717) is 0 Å². The van der Waals surface area contributed by atoms with E-state index in [9.17, 15) is 0 Å². The first kappa shape index (κ1) is 10.8. The van der Waals surface area contributed by atoms with Gasteiger partial charge in [0.15, 0.2) is 0 Å². The van der Waals surface area contributed by atoms with E-state index in [0.717, 1.165) is 12.0 Å². The van der Waals surface area contributed by atoms with Crippen LogP contribution in [0.4, 0.5) is 0 Å². The lowest BCUT2D eigenvalue weighted by Gasteiger charge is -1.92. The summed E-state index contributed by atoms with van der Waals surface area (Å²) in [5.41, 5.74) is 1.13. The summed E-state index contributed by atoms with van der Waals surface area (Å²) in [6.07, 6.45) is 4.18. The molecule has 0 saturated carbocycles. The zero-order valence-electron chi connectivity index (χ0n) is 6.50. The summed E-state index contributed by atoms with van der Waals surface area (Å²) in [6.45, 7) is 0.212. The van der Waals surface area contributed by atoms with Crippen molar-refractivity contribution in [2.75, 3.05) is 11.5 Å². The Kier molecular flexibility index (Phi) is 7.83. The molecule has 0 aliphatic rings. The molecule has 11 heavy (non-hydrogen) atoms. The molecule has 0 amide bonds. The van der Waals surface area contributed by atoms with Crippen molar-refractivity contribution in [1.82, 2.24) is 4.98 Å². The van der Waals surface area contributed by atoms with E-state index < -0.39 is 0 Å². The van der Waals surface area contributed by atoms with Crippen LogP contribution in [0.5, 0.6) is 0 Å². The summed E-state index contributed by atoms with van der Waals surface area (Å²) >= 11 is 2.15. The quantitative estimate of drug-likeness (QED) is 0.651. The van der Waals surface area contributed by atoms with Crippen LogP contribution < -0.4 is 0 Å². The molecule has 0 fully saturated rings. The topological polar surface area (TPSA) is 33.1 Å². The predicted molar refractivity (Wildman–Crippen MR) is 55.0 cm³/mol. The van der Waals surface area contributed by atoms with Gasteiger partial charge in [-0.1, -0.05) is 22.6 Å². The first-order valence-corrected chi connectivity index (χ1v) is 5.47. The molecule has 1 aromatic rings. The van der Waals surface area contributed by atoms with Crippen molar-refractivity contribution in [1.29, 1.82) is 0 Å². The van der Waals surface area contributed by atoms with E-state index in [1.165, 1.54) is 0 Å². The summed E-state index contributed by atoms with van der Waals surface area (Å²) < 4.78 is 0. The number of alkyl halides is 1. The van der Waals surface area contributed by atoms with E-state index in [1.54, 1.807) is 12.4 Å². The molecule has 2 nitrogen and oxygen atoms in total. The molecule has 0 spiro atoms. The lowest BCUT2D eigenvalue weighted by atomic mass is 10.2. The van der Waals surface area contributed by atoms with Gasteiger partial charge in [-0.2, -0.15) is 0 Å². The molecule has 0 radical (unpaired) electrons. The normalized spacial score (nSPS) is 8.27. The standard InChI is InChI=1S/C7H9NO.CH3I/c9-6-3-7-1-4-8-5-2-7;1-2/h1-2,4-5,9H,3,6H2;1H3. The predicted octanol–water partition coefficient (Wildman–Crippen LogP) is 1.67. The molecular weight excluding hydrogens is 253 g/mol. The molecule has 1 rings (SSSR count). The number of pyridine rings is 1. The highest BCUT2D eigenvalue weighted by atomic mass is 127. The molecule has 0 aromatic carbocycles. The second kappa shape index (κ2) is 7.94. The van der Waals surface area contributed by atoms with Crippen molar-refractivity contribution in [2.45, 2.75) is 6.42 Å². The van der Waals surface area contributed by atoms with Crippen LogP contribution in [0, 0.1) is 0 Å². The molecule has 0 saturated heterocycles. The van der Waals surface area contributed by atoms with E-state index in [4.69, 9.17) is 5.11 Å². The Hall–Kier alpha value is -0.160. The van der Waals surface area contributed by atoms with Crippen molar-refractivity contribution < 1.29 is 5.11 Å². The molecule has 1 heterocycles. The van der Waals surface area contributed by atoms with E-state index in [1.807, 2.05) is 17.1 Å². The summed E-state index contributed by atoms with van der Waals surface area (Å²) in [7, 11) is 0. The number of rotatable bonds is 2. The maximum Gasteiger partial charge on any atom is 0.0471 e. The lowest BCUT2D eigenvalue weighted by Crippen LogP contribution is -1.89. The van der Waals surface area contributed by atoms with Crippen molar-refractivity contribution in [3.8, 4) is 0 Å². The lowest BCUT2D eigenvalue weighted by molar-refractivity contribution is 0.299. The first-order valence-electron chi connectivity index (χ1n) is 3.31. The van der Waals surface area contributed by atoms with Crippen LogP contribution >= 0.6 is 22.6 Å². The van der Waals surface area contributed by atoms with Gasteiger partial charge in [-0.05, 0) is 29.0 Å². The second-order valence-corrected chi connectivity index (χ2v) is 1.83. The Morgan fingerprint density at radius 3 is 2.36 bits per heavy atom. The number of aromatic nitrogens is 1. The highest BCUT2D eigenvalue weighted by molar-refractivity contribution is 14.1. The largest absolute Gasteiger partial charge is 0.396 e. The fraction of sp³-hybridized carbons (Fsp3) is 0.375. The fourth-order valence-electron chi connectivity index (χ4n) is 0.679. The Morgan fingerprint density at radius 1 is 1.36 bits per heavy atom. The van der Waals surface area contributed by atoms with Gasteiger partial charge in [0.1, 0.15) is 0 Å². The summed E-state index contributed by atoms with van der Waals surface area (Å²) in [4.78, 5) is 5.82. The van der Waals surface area contributed by atoms with Gasteiger partial charge in [-0.25, -0.2) is 0 Å². The van der Waals surface area contributed by atoms with Gasteiger partial charge in [0.05, 0.1) is 0 Å². The second-order valence-electron chi connectivity index (χ2n) is 1.83. The minimum Gasteiger partial charge on any atom is -0.396 e. The van der Waals surface area contributed by atoms with Crippen LogP contribution in [-0.2, 0) is 6.42 Å². The SMILES string of the molecule is CI.OCCc1ccncc1. The van der Waals surface area contributed by atoms with E-state index in [2.05, 4.69) is 27.6 Å². The number of aliphatic hydroxyl groups excluding tert-OH is 1. The average Bonchev–Trinajstić information content (AvgIpc) is 2.11. The van der Waals surface area contributed by atoms with Gasteiger partial charge in [0, 0.05) is 19.0 Å². The van der Waals surface area contributed by atoms with Gasteiger partial charge in [-0.3, -0.25) is 4.98 Å². The highest BCUT2D eigenvalue weighted by Crippen LogP contribution is 1.94. The zero-order chi connectivity index (χ0) is 8.53.